The summed E-state index contributed by atoms with van der Waals surface area (Å²) in [6.07, 6.45) is 3.29. The van der Waals surface area contributed by atoms with Crippen molar-refractivity contribution >= 4 is 0 Å². The van der Waals surface area contributed by atoms with E-state index in [4.69, 9.17) is 4.74 Å². The Morgan fingerprint density at radius 3 is 2.20 bits per heavy atom. The highest BCUT2D eigenvalue weighted by Gasteiger charge is 2.78. The van der Waals surface area contributed by atoms with E-state index in [2.05, 4.69) is 0 Å². The summed E-state index contributed by atoms with van der Waals surface area (Å²) >= 11 is 0. The van der Waals surface area contributed by atoms with Gasteiger partial charge in [-0.25, -0.2) is 0 Å². The second-order valence-electron chi connectivity index (χ2n) is 4.10. The highest BCUT2D eigenvalue weighted by molar-refractivity contribution is 4.98. The van der Waals surface area contributed by atoms with Crippen LogP contribution in [0.5, 0.6) is 0 Å². The average molecular weight is 140 g/mol. The first-order chi connectivity index (χ1) is 4.85. The minimum absolute atomic E-state index is 0.611. The van der Waals surface area contributed by atoms with Gasteiger partial charge < -0.3 is 4.74 Å². The minimum Gasteiger partial charge on any atom is -0.381 e. The van der Waals surface area contributed by atoms with Crippen molar-refractivity contribution in [3.05, 3.63) is 0 Å². The maximum absolute atomic E-state index is 5.25. The number of hydrogen-bond acceptors (Lipinski definition) is 1. The van der Waals surface area contributed by atoms with Gasteiger partial charge in [-0.15, -0.1) is 0 Å². The first kappa shape index (κ1) is 5.56. The molecule has 0 aromatic heterocycles. The number of fused-ring (bicyclic) bond motifs is 1. The Balaban J connectivity index is 1.59. The van der Waals surface area contributed by atoms with Gasteiger partial charge in [0.1, 0.15) is 13.1 Å². The number of nitrogens with zero attached hydrogens (tertiary/aromatic N) is 1. The molecule has 2 saturated heterocycles. The molecule has 0 spiro atoms. The van der Waals surface area contributed by atoms with Crippen molar-refractivity contribution in [1.82, 2.24) is 0 Å². The molecule has 3 fully saturated rings. The van der Waals surface area contributed by atoms with E-state index < -0.39 is 0 Å². The van der Waals surface area contributed by atoms with Gasteiger partial charge in [0.25, 0.3) is 0 Å². The van der Waals surface area contributed by atoms with E-state index in [1.165, 1.54) is 30.4 Å². The van der Waals surface area contributed by atoms with Gasteiger partial charge in [0.15, 0.2) is 6.04 Å². The van der Waals surface area contributed by atoms with Crippen molar-refractivity contribution in [3.63, 3.8) is 0 Å². The lowest BCUT2D eigenvalue weighted by atomic mass is 9.88. The molecule has 2 heterocycles. The Bertz CT molecular complexity index is 168. The van der Waals surface area contributed by atoms with Gasteiger partial charge >= 0.3 is 0 Å². The molecule has 2 aliphatic heterocycles. The van der Waals surface area contributed by atoms with Crippen molar-refractivity contribution in [3.8, 4) is 0 Å². The van der Waals surface area contributed by atoms with Crippen LogP contribution in [-0.2, 0) is 4.74 Å². The van der Waals surface area contributed by atoms with E-state index in [9.17, 15) is 0 Å². The molecule has 0 amide bonds. The molecule has 1 saturated carbocycles. The molecule has 0 N–H and O–H groups in total. The topological polar surface area (TPSA) is 9.23 Å². The van der Waals surface area contributed by atoms with Crippen LogP contribution in [-0.4, -0.2) is 42.9 Å². The van der Waals surface area contributed by atoms with Gasteiger partial charge in [-0.3, -0.25) is 4.48 Å². The number of hydrogen-bond donors (Lipinski definition) is 0. The zero-order valence-corrected chi connectivity index (χ0v) is 6.42. The van der Waals surface area contributed by atoms with Crippen molar-refractivity contribution in [1.29, 1.82) is 0 Å². The molecular formula is C8H14NO+. The smallest absolute Gasteiger partial charge is 0.188 e. The number of ether oxygens (including phenoxy) is 1. The third-order valence-electron chi connectivity index (χ3n) is 3.69. The Kier molecular flexibility index (Phi) is 0.783. The first-order valence-electron chi connectivity index (χ1n) is 4.24. The predicted molar refractivity (Wildman–Crippen MR) is 37.6 cm³/mol. The molecule has 1 aliphatic carbocycles. The summed E-state index contributed by atoms with van der Waals surface area (Å²) in [6, 6.07) is 2.12. The van der Waals surface area contributed by atoms with E-state index in [1.54, 1.807) is 0 Å². The van der Waals surface area contributed by atoms with E-state index in [1.807, 2.05) is 7.11 Å². The van der Waals surface area contributed by atoms with Gasteiger partial charge in [-0.2, -0.15) is 0 Å². The number of rotatable bonds is 2. The molecule has 0 unspecified atom stereocenters. The zero-order valence-electron chi connectivity index (χ0n) is 6.42. The SMILES string of the molecule is COC1CC([N+]23CC2C3)C1. The summed E-state index contributed by atoms with van der Waals surface area (Å²) in [5.41, 5.74) is 0. The van der Waals surface area contributed by atoms with Crippen molar-refractivity contribution in [2.45, 2.75) is 31.0 Å². The normalized spacial score (nSPS) is 62.7. The van der Waals surface area contributed by atoms with Crippen LogP contribution in [0.15, 0.2) is 0 Å². The van der Waals surface area contributed by atoms with E-state index in [-0.39, 0.29) is 0 Å². The summed E-state index contributed by atoms with van der Waals surface area (Å²) in [7, 11) is 1.84. The van der Waals surface area contributed by atoms with Crippen LogP contribution in [0.25, 0.3) is 0 Å². The van der Waals surface area contributed by atoms with Gasteiger partial charge in [-0.1, -0.05) is 0 Å². The van der Waals surface area contributed by atoms with E-state index in [0.717, 1.165) is 12.1 Å². The minimum atomic E-state index is 0.611. The molecule has 0 atom stereocenters. The summed E-state index contributed by atoms with van der Waals surface area (Å²) in [5.74, 6) is 0. The molecule has 0 aromatic carbocycles. The highest BCUT2D eigenvalue weighted by Crippen LogP contribution is 2.55. The molecule has 2 nitrogen and oxygen atoms in total. The Morgan fingerprint density at radius 2 is 1.80 bits per heavy atom. The molecule has 2 heteroatoms. The van der Waals surface area contributed by atoms with Crippen molar-refractivity contribution in [2.24, 2.45) is 0 Å². The first-order valence-corrected chi connectivity index (χ1v) is 4.24. The maximum atomic E-state index is 5.25. The predicted octanol–water partition coefficient (Wildman–Crippen LogP) is 0.376. The Labute approximate surface area is 61.4 Å². The molecule has 10 heavy (non-hydrogen) atoms. The lowest BCUT2D eigenvalue weighted by Crippen LogP contribution is -2.44. The highest BCUT2D eigenvalue weighted by atomic mass is 16.5. The lowest BCUT2D eigenvalue weighted by molar-refractivity contribution is -0.745. The monoisotopic (exact) mass is 140 g/mol. The van der Waals surface area contributed by atoms with Crippen LogP contribution in [0, 0.1) is 0 Å². The Hall–Kier alpha value is -0.0800. The standard InChI is InChI=1S/C8H14NO/c1-10-8-2-6(3-8)9-4-7(9)5-9/h6-8H,2-5H2,1H3/q+1. The van der Waals surface area contributed by atoms with Crippen LogP contribution in [0.4, 0.5) is 0 Å². The summed E-state index contributed by atoms with van der Waals surface area (Å²) in [4.78, 5) is 0. The van der Waals surface area contributed by atoms with Gasteiger partial charge in [0.2, 0.25) is 0 Å². The second kappa shape index (κ2) is 1.41. The number of methoxy groups -OCH3 is 1. The van der Waals surface area contributed by atoms with Gasteiger partial charge in [0, 0.05) is 20.0 Å². The van der Waals surface area contributed by atoms with E-state index >= 15 is 0 Å². The van der Waals surface area contributed by atoms with Crippen LogP contribution in [0.3, 0.4) is 0 Å². The fourth-order valence-corrected chi connectivity index (χ4v) is 2.38. The fourth-order valence-electron chi connectivity index (χ4n) is 2.38. The van der Waals surface area contributed by atoms with Crippen LogP contribution < -0.4 is 0 Å². The molecule has 0 aromatic rings. The third kappa shape index (κ3) is 0.487. The molecule has 3 rings (SSSR count). The fraction of sp³-hybridized carbons (Fsp3) is 1.00. The average Bonchev–Trinajstić information content (AvgIpc) is 2.48. The van der Waals surface area contributed by atoms with Crippen molar-refractivity contribution in [2.75, 3.05) is 20.2 Å². The summed E-state index contributed by atoms with van der Waals surface area (Å²) in [5, 5.41) is 0. The molecule has 0 bridgehead atoms. The number of quaternary nitrogens is 1. The molecule has 56 valence electrons. The second-order valence-corrected chi connectivity index (χ2v) is 4.10. The van der Waals surface area contributed by atoms with Crippen LogP contribution >= 0.6 is 0 Å². The zero-order chi connectivity index (χ0) is 6.77. The Morgan fingerprint density at radius 1 is 1.20 bits per heavy atom. The molecule has 3 aliphatic rings. The maximum Gasteiger partial charge on any atom is 0.188 e. The van der Waals surface area contributed by atoms with Crippen LogP contribution in [0.1, 0.15) is 12.8 Å². The summed E-state index contributed by atoms with van der Waals surface area (Å²) in [6.45, 7) is 3.00. The van der Waals surface area contributed by atoms with Crippen molar-refractivity contribution < 1.29 is 9.22 Å². The lowest BCUT2D eigenvalue weighted by Gasteiger charge is -2.34. The quantitative estimate of drug-likeness (QED) is 0.398. The van der Waals surface area contributed by atoms with E-state index in [0.29, 0.717) is 6.10 Å². The third-order valence-corrected chi connectivity index (χ3v) is 3.69. The van der Waals surface area contributed by atoms with Crippen LogP contribution in [0.2, 0.25) is 0 Å². The van der Waals surface area contributed by atoms with Gasteiger partial charge in [-0.05, 0) is 0 Å². The summed E-state index contributed by atoms with van der Waals surface area (Å²) < 4.78 is 6.75. The largest absolute Gasteiger partial charge is 0.381 e. The molecular weight excluding hydrogens is 126 g/mol. The molecule has 0 radical (unpaired) electrons. The van der Waals surface area contributed by atoms with Gasteiger partial charge in [0.05, 0.1) is 12.1 Å².